The monoisotopic (exact) mass is 285 g/mol. The summed E-state index contributed by atoms with van der Waals surface area (Å²) in [5.74, 6) is 1.61. The van der Waals surface area contributed by atoms with Crippen LogP contribution in [0.4, 0.5) is 0 Å². The van der Waals surface area contributed by atoms with Crippen molar-refractivity contribution in [2.45, 2.75) is 25.8 Å². The van der Waals surface area contributed by atoms with Gasteiger partial charge in [0, 0.05) is 16.9 Å². The van der Waals surface area contributed by atoms with Gasteiger partial charge in [-0.2, -0.15) is 0 Å². The van der Waals surface area contributed by atoms with Crippen LogP contribution in [0.2, 0.25) is 0 Å². The molecule has 0 amide bonds. The van der Waals surface area contributed by atoms with Crippen molar-refractivity contribution in [1.82, 2.24) is 0 Å². The molecule has 1 aliphatic heterocycles. The van der Waals surface area contributed by atoms with Crippen molar-refractivity contribution >= 4 is 15.9 Å². The van der Waals surface area contributed by atoms with Gasteiger partial charge < -0.3 is 15.2 Å². The predicted octanol–water partition coefficient (Wildman–Crippen LogP) is 3.02. The normalized spacial score (nSPS) is 16.7. The summed E-state index contributed by atoms with van der Waals surface area (Å²) < 4.78 is 12.2. The molecule has 0 aromatic heterocycles. The van der Waals surface area contributed by atoms with Gasteiger partial charge in [-0.1, -0.05) is 22.9 Å². The first-order valence-corrected chi connectivity index (χ1v) is 6.36. The third kappa shape index (κ3) is 2.33. The van der Waals surface area contributed by atoms with Crippen molar-refractivity contribution in [1.29, 1.82) is 0 Å². The van der Waals surface area contributed by atoms with E-state index in [9.17, 15) is 0 Å². The fraction of sp³-hybridized carbons (Fsp3) is 0.500. The Morgan fingerprint density at radius 1 is 1.31 bits per heavy atom. The Kier molecular flexibility index (Phi) is 3.71. The van der Waals surface area contributed by atoms with Gasteiger partial charge >= 0.3 is 0 Å². The van der Waals surface area contributed by atoms with Gasteiger partial charge in [0.1, 0.15) is 0 Å². The summed E-state index contributed by atoms with van der Waals surface area (Å²) in [6.45, 7) is 3.48. The molecule has 0 saturated carbocycles. The minimum atomic E-state index is 0.0338. The van der Waals surface area contributed by atoms with E-state index in [0.717, 1.165) is 34.4 Å². The molecule has 4 heteroatoms. The second-order valence-electron chi connectivity index (χ2n) is 3.89. The molecule has 1 aliphatic rings. The lowest BCUT2D eigenvalue weighted by molar-refractivity contribution is 0.297. The number of fused-ring (bicyclic) bond motifs is 1. The Balaban J connectivity index is 2.38. The molecule has 3 nitrogen and oxygen atoms in total. The summed E-state index contributed by atoms with van der Waals surface area (Å²) in [5, 5.41) is 0. The second-order valence-corrected chi connectivity index (χ2v) is 4.74. The van der Waals surface area contributed by atoms with Crippen LogP contribution in [-0.2, 0) is 0 Å². The molecule has 0 aliphatic carbocycles. The lowest BCUT2D eigenvalue weighted by atomic mass is 10.1. The Morgan fingerprint density at radius 2 is 1.94 bits per heavy atom. The number of benzene rings is 1. The first kappa shape index (κ1) is 11.7. The molecule has 1 heterocycles. The molecule has 0 bridgehead atoms. The highest BCUT2D eigenvalue weighted by Gasteiger charge is 2.16. The van der Waals surface area contributed by atoms with Crippen LogP contribution in [0.3, 0.4) is 0 Å². The number of halogens is 1. The van der Waals surface area contributed by atoms with Gasteiger partial charge in [0.15, 0.2) is 11.5 Å². The molecule has 2 N–H and O–H groups in total. The summed E-state index contributed by atoms with van der Waals surface area (Å²) in [4.78, 5) is 0. The van der Waals surface area contributed by atoms with E-state index in [1.54, 1.807) is 0 Å². The molecule has 0 fully saturated rings. The smallest absolute Gasteiger partial charge is 0.162 e. The molecular weight excluding hydrogens is 270 g/mol. The van der Waals surface area contributed by atoms with Crippen LogP contribution in [0.5, 0.6) is 11.5 Å². The Bertz CT molecular complexity index is 382. The van der Waals surface area contributed by atoms with E-state index >= 15 is 0 Å². The highest BCUT2D eigenvalue weighted by molar-refractivity contribution is 9.10. The van der Waals surface area contributed by atoms with Crippen LogP contribution in [0.25, 0.3) is 0 Å². The molecule has 1 aromatic carbocycles. The van der Waals surface area contributed by atoms with Gasteiger partial charge in [0.25, 0.3) is 0 Å². The standard InChI is InChI=1S/C12H16BrNO2/c1-2-10(14)8-6-11-12(7-9(8)13)16-5-3-4-15-11/h6-7,10H,2-5,14H2,1H3/t10-/m0/s1. The number of nitrogens with two attached hydrogens (primary N) is 1. The molecule has 1 aromatic rings. The first-order chi connectivity index (χ1) is 7.72. The maximum absolute atomic E-state index is 6.04. The van der Waals surface area contributed by atoms with Crippen LogP contribution < -0.4 is 15.2 Å². The zero-order valence-electron chi connectivity index (χ0n) is 9.33. The van der Waals surface area contributed by atoms with E-state index in [1.807, 2.05) is 12.1 Å². The minimum Gasteiger partial charge on any atom is -0.490 e. The summed E-state index contributed by atoms with van der Waals surface area (Å²) in [5.41, 5.74) is 7.12. The summed E-state index contributed by atoms with van der Waals surface area (Å²) >= 11 is 3.53. The van der Waals surface area contributed by atoms with Gasteiger partial charge in [0.05, 0.1) is 13.2 Å². The quantitative estimate of drug-likeness (QED) is 0.909. The summed E-state index contributed by atoms with van der Waals surface area (Å²) in [6.07, 6.45) is 1.82. The highest BCUT2D eigenvalue weighted by Crippen LogP contribution is 2.37. The maximum Gasteiger partial charge on any atom is 0.162 e. The van der Waals surface area contributed by atoms with Gasteiger partial charge in [-0.25, -0.2) is 0 Å². The van der Waals surface area contributed by atoms with Gasteiger partial charge in [-0.3, -0.25) is 0 Å². The molecular formula is C12H16BrNO2. The van der Waals surface area contributed by atoms with Crippen LogP contribution in [0.1, 0.15) is 31.4 Å². The Hall–Kier alpha value is -0.740. The number of hydrogen-bond donors (Lipinski definition) is 1. The zero-order chi connectivity index (χ0) is 11.5. The molecule has 0 unspecified atom stereocenters. The molecule has 1 atom stereocenters. The Labute approximate surface area is 104 Å². The Morgan fingerprint density at radius 3 is 2.56 bits per heavy atom. The highest BCUT2D eigenvalue weighted by atomic mass is 79.9. The molecule has 0 spiro atoms. The van der Waals surface area contributed by atoms with E-state index in [4.69, 9.17) is 15.2 Å². The molecule has 88 valence electrons. The van der Waals surface area contributed by atoms with Crippen molar-refractivity contribution in [3.63, 3.8) is 0 Å². The van der Waals surface area contributed by atoms with Crippen molar-refractivity contribution in [2.24, 2.45) is 5.73 Å². The van der Waals surface area contributed by atoms with E-state index in [2.05, 4.69) is 22.9 Å². The molecule has 2 rings (SSSR count). The number of hydrogen-bond acceptors (Lipinski definition) is 3. The fourth-order valence-corrected chi connectivity index (χ4v) is 2.32. The lowest BCUT2D eigenvalue weighted by Crippen LogP contribution is -2.09. The van der Waals surface area contributed by atoms with Crippen molar-refractivity contribution in [3.8, 4) is 11.5 Å². The van der Waals surface area contributed by atoms with E-state index in [-0.39, 0.29) is 6.04 Å². The average molecular weight is 286 g/mol. The second kappa shape index (κ2) is 5.06. The topological polar surface area (TPSA) is 44.5 Å². The van der Waals surface area contributed by atoms with E-state index in [1.165, 1.54) is 0 Å². The van der Waals surface area contributed by atoms with Crippen molar-refractivity contribution < 1.29 is 9.47 Å². The third-order valence-corrected chi connectivity index (χ3v) is 3.39. The van der Waals surface area contributed by atoms with E-state index in [0.29, 0.717) is 13.2 Å². The summed E-state index contributed by atoms with van der Waals surface area (Å²) in [6, 6.07) is 3.97. The van der Waals surface area contributed by atoms with Crippen LogP contribution in [0, 0.1) is 0 Å². The number of ether oxygens (including phenoxy) is 2. The average Bonchev–Trinajstić information content (AvgIpc) is 2.51. The molecule has 0 radical (unpaired) electrons. The zero-order valence-corrected chi connectivity index (χ0v) is 10.9. The lowest BCUT2D eigenvalue weighted by Gasteiger charge is -2.15. The van der Waals surface area contributed by atoms with Gasteiger partial charge in [0.2, 0.25) is 0 Å². The van der Waals surface area contributed by atoms with Crippen molar-refractivity contribution in [3.05, 3.63) is 22.2 Å². The number of rotatable bonds is 2. The molecule has 0 saturated heterocycles. The van der Waals surface area contributed by atoms with Crippen LogP contribution in [0.15, 0.2) is 16.6 Å². The van der Waals surface area contributed by atoms with Gasteiger partial charge in [-0.15, -0.1) is 0 Å². The molecule has 16 heavy (non-hydrogen) atoms. The summed E-state index contributed by atoms with van der Waals surface area (Å²) in [7, 11) is 0. The van der Waals surface area contributed by atoms with Crippen LogP contribution >= 0.6 is 15.9 Å². The van der Waals surface area contributed by atoms with E-state index < -0.39 is 0 Å². The predicted molar refractivity (Wildman–Crippen MR) is 67.0 cm³/mol. The maximum atomic E-state index is 6.04. The van der Waals surface area contributed by atoms with Crippen LogP contribution in [-0.4, -0.2) is 13.2 Å². The third-order valence-electron chi connectivity index (χ3n) is 2.71. The SMILES string of the molecule is CC[C@H](N)c1cc2c(cc1Br)OCCCO2. The largest absolute Gasteiger partial charge is 0.490 e. The van der Waals surface area contributed by atoms with Gasteiger partial charge in [-0.05, 0) is 24.1 Å². The first-order valence-electron chi connectivity index (χ1n) is 5.57. The fourth-order valence-electron chi connectivity index (χ4n) is 1.70. The van der Waals surface area contributed by atoms with Crippen molar-refractivity contribution in [2.75, 3.05) is 13.2 Å². The minimum absolute atomic E-state index is 0.0338.